The van der Waals surface area contributed by atoms with Crippen molar-refractivity contribution in [2.45, 2.75) is 31.7 Å². The van der Waals surface area contributed by atoms with Gasteiger partial charge >= 0.3 is 0 Å². The average Bonchev–Trinajstić information content (AvgIpc) is 2.85. The fraction of sp³-hybridized carbons (Fsp3) is 0.462. The molecule has 1 fully saturated rings. The quantitative estimate of drug-likeness (QED) is 0.786. The number of benzene rings is 1. The molecule has 0 aliphatic carbocycles. The Morgan fingerprint density at radius 2 is 2.31 bits per heavy atom. The van der Waals surface area contributed by atoms with Gasteiger partial charge in [-0.3, -0.25) is 4.79 Å². The van der Waals surface area contributed by atoms with E-state index in [9.17, 15) is 4.79 Å². The second-order valence-electron chi connectivity index (χ2n) is 4.71. The van der Waals surface area contributed by atoms with Gasteiger partial charge in [0.2, 0.25) is 5.91 Å². The maximum Gasteiger partial charge on any atom is 0.228 e. The van der Waals surface area contributed by atoms with E-state index in [0.717, 1.165) is 24.2 Å². The SMILES string of the molecule is O=C1Cc2cc(CC3CCCN3)ccc2N1. The van der Waals surface area contributed by atoms with Crippen molar-refractivity contribution in [2.24, 2.45) is 0 Å². The molecule has 3 rings (SSSR count). The van der Waals surface area contributed by atoms with E-state index in [1.165, 1.54) is 18.4 Å². The third kappa shape index (κ3) is 1.83. The van der Waals surface area contributed by atoms with E-state index in [4.69, 9.17) is 0 Å². The van der Waals surface area contributed by atoms with Gasteiger partial charge in [0.15, 0.2) is 0 Å². The number of carbonyl (C=O) groups excluding carboxylic acids is 1. The summed E-state index contributed by atoms with van der Waals surface area (Å²) in [4.78, 5) is 11.2. The Labute approximate surface area is 95.2 Å². The van der Waals surface area contributed by atoms with Crippen molar-refractivity contribution in [3.8, 4) is 0 Å². The molecule has 0 bridgehead atoms. The number of rotatable bonds is 2. The molecule has 1 saturated heterocycles. The number of carbonyl (C=O) groups is 1. The molecular formula is C13H16N2O. The maximum absolute atomic E-state index is 11.2. The molecule has 1 unspecified atom stereocenters. The van der Waals surface area contributed by atoms with Crippen molar-refractivity contribution in [1.82, 2.24) is 5.32 Å². The molecule has 3 nitrogen and oxygen atoms in total. The van der Waals surface area contributed by atoms with Crippen LogP contribution in [0.3, 0.4) is 0 Å². The molecule has 84 valence electrons. The van der Waals surface area contributed by atoms with Crippen molar-refractivity contribution in [3.05, 3.63) is 29.3 Å². The predicted octanol–water partition coefficient (Wildman–Crippen LogP) is 1.48. The Morgan fingerprint density at radius 3 is 3.12 bits per heavy atom. The lowest BCUT2D eigenvalue weighted by Crippen LogP contribution is -2.23. The van der Waals surface area contributed by atoms with Gasteiger partial charge in [-0.05, 0) is 43.0 Å². The Morgan fingerprint density at radius 1 is 1.38 bits per heavy atom. The van der Waals surface area contributed by atoms with Crippen molar-refractivity contribution in [3.63, 3.8) is 0 Å². The highest BCUT2D eigenvalue weighted by molar-refractivity contribution is 5.99. The Bertz CT molecular complexity index is 422. The van der Waals surface area contributed by atoms with Crippen molar-refractivity contribution < 1.29 is 4.79 Å². The van der Waals surface area contributed by atoms with Crippen LogP contribution in [-0.2, 0) is 17.6 Å². The van der Waals surface area contributed by atoms with Crippen LogP contribution in [0.5, 0.6) is 0 Å². The van der Waals surface area contributed by atoms with Gasteiger partial charge in [-0.15, -0.1) is 0 Å². The Kier molecular flexibility index (Phi) is 2.40. The average molecular weight is 216 g/mol. The summed E-state index contributed by atoms with van der Waals surface area (Å²) in [5.41, 5.74) is 3.49. The zero-order chi connectivity index (χ0) is 11.0. The zero-order valence-corrected chi connectivity index (χ0v) is 9.25. The summed E-state index contributed by atoms with van der Waals surface area (Å²) >= 11 is 0. The molecule has 0 saturated carbocycles. The largest absolute Gasteiger partial charge is 0.326 e. The number of amides is 1. The third-order valence-corrected chi connectivity index (χ3v) is 3.44. The van der Waals surface area contributed by atoms with Crippen LogP contribution in [0.1, 0.15) is 24.0 Å². The predicted molar refractivity (Wildman–Crippen MR) is 63.5 cm³/mol. The highest BCUT2D eigenvalue weighted by Gasteiger charge is 2.19. The van der Waals surface area contributed by atoms with Gasteiger partial charge in [0, 0.05) is 11.7 Å². The maximum atomic E-state index is 11.2. The number of fused-ring (bicyclic) bond motifs is 1. The van der Waals surface area contributed by atoms with Crippen molar-refractivity contribution in [2.75, 3.05) is 11.9 Å². The lowest BCUT2D eigenvalue weighted by molar-refractivity contribution is -0.115. The Balaban J connectivity index is 1.76. The van der Waals surface area contributed by atoms with Crippen molar-refractivity contribution in [1.29, 1.82) is 0 Å². The highest BCUT2D eigenvalue weighted by Crippen LogP contribution is 2.25. The van der Waals surface area contributed by atoms with E-state index in [1.54, 1.807) is 0 Å². The molecule has 2 N–H and O–H groups in total. The molecule has 1 aromatic carbocycles. The minimum Gasteiger partial charge on any atom is -0.326 e. The smallest absolute Gasteiger partial charge is 0.228 e. The van der Waals surface area contributed by atoms with Gasteiger partial charge in [-0.2, -0.15) is 0 Å². The Hall–Kier alpha value is -1.35. The van der Waals surface area contributed by atoms with Gasteiger partial charge in [-0.25, -0.2) is 0 Å². The second-order valence-corrected chi connectivity index (χ2v) is 4.71. The highest BCUT2D eigenvalue weighted by atomic mass is 16.1. The minimum absolute atomic E-state index is 0.117. The normalized spacial score (nSPS) is 23.2. The van der Waals surface area contributed by atoms with Crippen LogP contribution < -0.4 is 10.6 Å². The second kappa shape index (κ2) is 3.91. The number of hydrogen-bond acceptors (Lipinski definition) is 2. The molecule has 1 aromatic rings. The first-order chi connectivity index (χ1) is 7.81. The van der Waals surface area contributed by atoms with Gasteiger partial charge in [0.05, 0.1) is 6.42 Å². The van der Waals surface area contributed by atoms with Crippen LogP contribution in [0.2, 0.25) is 0 Å². The topological polar surface area (TPSA) is 41.1 Å². The van der Waals surface area contributed by atoms with Crippen LogP contribution >= 0.6 is 0 Å². The summed E-state index contributed by atoms with van der Waals surface area (Å²) in [6, 6.07) is 6.96. The molecule has 1 amide bonds. The first kappa shape index (κ1) is 9.85. The van der Waals surface area contributed by atoms with Gasteiger partial charge in [-0.1, -0.05) is 12.1 Å². The van der Waals surface area contributed by atoms with Crippen molar-refractivity contribution >= 4 is 11.6 Å². The van der Waals surface area contributed by atoms with E-state index in [1.807, 2.05) is 6.07 Å². The summed E-state index contributed by atoms with van der Waals surface area (Å²) in [5.74, 6) is 0.117. The van der Waals surface area contributed by atoms with Crippen LogP contribution in [0, 0.1) is 0 Å². The molecule has 1 atom stereocenters. The first-order valence-electron chi connectivity index (χ1n) is 5.96. The van der Waals surface area contributed by atoms with E-state index in [-0.39, 0.29) is 5.91 Å². The standard InChI is InChI=1S/C13H16N2O/c16-13-8-10-6-9(3-4-12(10)15-13)7-11-2-1-5-14-11/h3-4,6,11,14H,1-2,5,7-8H2,(H,15,16). The molecule has 3 heteroatoms. The number of hydrogen-bond donors (Lipinski definition) is 2. The van der Waals surface area contributed by atoms with E-state index in [0.29, 0.717) is 12.5 Å². The molecule has 2 aliphatic heterocycles. The van der Waals surface area contributed by atoms with E-state index in [2.05, 4.69) is 22.8 Å². The summed E-state index contributed by atoms with van der Waals surface area (Å²) in [6.07, 6.45) is 4.19. The van der Waals surface area contributed by atoms with Crippen LogP contribution in [-0.4, -0.2) is 18.5 Å². The van der Waals surface area contributed by atoms with Gasteiger partial charge in [0.1, 0.15) is 0 Å². The molecule has 0 spiro atoms. The number of nitrogens with one attached hydrogen (secondary N) is 2. The zero-order valence-electron chi connectivity index (χ0n) is 9.25. The molecule has 16 heavy (non-hydrogen) atoms. The molecule has 0 aromatic heterocycles. The monoisotopic (exact) mass is 216 g/mol. The van der Waals surface area contributed by atoms with E-state index >= 15 is 0 Å². The third-order valence-electron chi connectivity index (χ3n) is 3.44. The summed E-state index contributed by atoms with van der Waals surface area (Å²) < 4.78 is 0. The molecule has 0 radical (unpaired) electrons. The van der Waals surface area contributed by atoms with Gasteiger partial charge < -0.3 is 10.6 Å². The molecular weight excluding hydrogens is 200 g/mol. The summed E-state index contributed by atoms with van der Waals surface area (Å²) in [6.45, 7) is 1.15. The minimum atomic E-state index is 0.117. The lowest BCUT2D eigenvalue weighted by Gasteiger charge is -2.10. The van der Waals surface area contributed by atoms with Gasteiger partial charge in [0.25, 0.3) is 0 Å². The summed E-state index contributed by atoms with van der Waals surface area (Å²) in [7, 11) is 0. The first-order valence-corrected chi connectivity index (χ1v) is 5.96. The van der Waals surface area contributed by atoms with Crippen LogP contribution in [0.4, 0.5) is 5.69 Å². The van der Waals surface area contributed by atoms with E-state index < -0.39 is 0 Å². The van der Waals surface area contributed by atoms with Crippen LogP contribution in [0.25, 0.3) is 0 Å². The fourth-order valence-corrected chi connectivity index (χ4v) is 2.63. The fourth-order valence-electron chi connectivity index (χ4n) is 2.63. The number of anilines is 1. The lowest BCUT2D eigenvalue weighted by atomic mass is 10.0. The molecule has 2 heterocycles. The molecule has 2 aliphatic rings. The summed E-state index contributed by atoms with van der Waals surface area (Å²) in [5, 5.41) is 6.36. The van der Waals surface area contributed by atoms with Crippen LogP contribution in [0.15, 0.2) is 18.2 Å².